The van der Waals surface area contributed by atoms with Crippen molar-refractivity contribution >= 4 is 31.6 Å². The first-order valence-electron chi connectivity index (χ1n) is 5.64. The molecule has 21 heavy (non-hydrogen) atoms. The van der Waals surface area contributed by atoms with Gasteiger partial charge in [0.1, 0.15) is 17.5 Å². The maximum atomic E-state index is 13.5. The maximum absolute atomic E-state index is 13.5. The zero-order chi connectivity index (χ0) is 15.8. The Hall–Kier alpha value is -1.54. The molecule has 2 aromatic rings. The highest BCUT2D eigenvalue weighted by Gasteiger charge is 2.25. The van der Waals surface area contributed by atoms with Crippen LogP contribution in [-0.2, 0) is 10.0 Å². The summed E-state index contributed by atoms with van der Waals surface area (Å²) in [6, 6.07) is 5.12. The molecule has 0 amide bonds. The SMILES string of the molecule is Cc1cc(NS(=O)(=O)c2c(F)cc(F)cc2F)ccc1Br. The number of nitrogens with one attached hydrogen (secondary N) is 1. The average molecular weight is 380 g/mol. The van der Waals surface area contributed by atoms with E-state index in [1.54, 1.807) is 13.0 Å². The Labute approximate surface area is 128 Å². The minimum absolute atomic E-state index is 0.138. The van der Waals surface area contributed by atoms with Gasteiger partial charge in [0.05, 0.1) is 0 Å². The molecular weight excluding hydrogens is 371 g/mol. The highest BCUT2D eigenvalue weighted by atomic mass is 79.9. The molecule has 112 valence electrons. The summed E-state index contributed by atoms with van der Waals surface area (Å²) in [5.74, 6) is -4.17. The van der Waals surface area contributed by atoms with Crippen molar-refractivity contribution in [2.45, 2.75) is 11.8 Å². The number of benzene rings is 2. The Morgan fingerprint density at radius 2 is 1.62 bits per heavy atom. The normalized spacial score (nSPS) is 11.5. The third-order valence-corrected chi connectivity index (χ3v) is 4.96. The molecule has 2 rings (SSSR count). The molecule has 0 bridgehead atoms. The van der Waals surface area contributed by atoms with Crippen molar-refractivity contribution in [1.29, 1.82) is 0 Å². The molecule has 0 aromatic heterocycles. The second kappa shape index (κ2) is 5.69. The van der Waals surface area contributed by atoms with Crippen LogP contribution < -0.4 is 4.72 Å². The Bertz CT molecular complexity index is 786. The van der Waals surface area contributed by atoms with E-state index in [2.05, 4.69) is 20.7 Å². The van der Waals surface area contributed by atoms with Gasteiger partial charge in [0.25, 0.3) is 10.0 Å². The quantitative estimate of drug-likeness (QED) is 0.876. The van der Waals surface area contributed by atoms with Crippen LogP contribution in [-0.4, -0.2) is 8.42 Å². The summed E-state index contributed by atoms with van der Waals surface area (Å²) in [6.45, 7) is 1.72. The number of anilines is 1. The van der Waals surface area contributed by atoms with Crippen LogP contribution in [0.3, 0.4) is 0 Å². The lowest BCUT2D eigenvalue weighted by atomic mass is 10.2. The van der Waals surface area contributed by atoms with Crippen molar-refractivity contribution in [1.82, 2.24) is 0 Å². The van der Waals surface area contributed by atoms with Crippen LogP contribution in [0.15, 0.2) is 39.7 Å². The van der Waals surface area contributed by atoms with Gasteiger partial charge in [-0.05, 0) is 30.7 Å². The zero-order valence-corrected chi connectivity index (χ0v) is 13.0. The van der Waals surface area contributed by atoms with Crippen LogP contribution in [0.4, 0.5) is 18.9 Å². The Morgan fingerprint density at radius 1 is 1.05 bits per heavy atom. The molecule has 1 N–H and O–H groups in total. The summed E-state index contributed by atoms with van der Waals surface area (Å²) in [5.41, 5.74) is 0.870. The summed E-state index contributed by atoms with van der Waals surface area (Å²) in [7, 11) is -4.50. The molecule has 0 aliphatic rings. The molecule has 0 spiro atoms. The van der Waals surface area contributed by atoms with E-state index >= 15 is 0 Å². The first-order chi connectivity index (χ1) is 9.70. The van der Waals surface area contributed by atoms with Crippen molar-refractivity contribution in [3.63, 3.8) is 0 Å². The molecule has 0 fully saturated rings. The fourth-order valence-electron chi connectivity index (χ4n) is 1.70. The van der Waals surface area contributed by atoms with Gasteiger partial charge in [0.15, 0.2) is 4.90 Å². The summed E-state index contributed by atoms with van der Waals surface area (Å²) in [5, 5.41) is 0. The van der Waals surface area contributed by atoms with Gasteiger partial charge in [0.2, 0.25) is 0 Å². The molecular formula is C13H9BrF3NO2S. The van der Waals surface area contributed by atoms with Gasteiger partial charge < -0.3 is 0 Å². The molecule has 0 saturated carbocycles. The van der Waals surface area contributed by atoms with E-state index in [1.807, 2.05) is 0 Å². The number of rotatable bonds is 3. The number of hydrogen-bond donors (Lipinski definition) is 1. The molecule has 0 atom stereocenters. The molecule has 8 heteroatoms. The first kappa shape index (κ1) is 15.8. The number of sulfonamides is 1. The highest BCUT2D eigenvalue weighted by Crippen LogP contribution is 2.25. The van der Waals surface area contributed by atoms with Crippen molar-refractivity contribution < 1.29 is 21.6 Å². The van der Waals surface area contributed by atoms with Crippen LogP contribution in [0.5, 0.6) is 0 Å². The lowest BCUT2D eigenvalue weighted by Gasteiger charge is -2.11. The molecule has 0 heterocycles. The van der Waals surface area contributed by atoms with E-state index in [9.17, 15) is 21.6 Å². The molecule has 0 unspecified atom stereocenters. The van der Waals surface area contributed by atoms with Gasteiger partial charge in [0, 0.05) is 22.3 Å². The molecule has 0 radical (unpaired) electrons. The van der Waals surface area contributed by atoms with Crippen LogP contribution in [0, 0.1) is 24.4 Å². The van der Waals surface area contributed by atoms with Gasteiger partial charge in [-0.2, -0.15) is 0 Å². The monoisotopic (exact) mass is 379 g/mol. The average Bonchev–Trinajstić information content (AvgIpc) is 2.31. The Kier molecular flexibility index (Phi) is 4.29. The molecule has 0 saturated heterocycles. The number of halogens is 4. The third-order valence-electron chi connectivity index (χ3n) is 2.64. The number of hydrogen-bond acceptors (Lipinski definition) is 2. The largest absolute Gasteiger partial charge is 0.279 e. The predicted molar refractivity (Wildman–Crippen MR) is 76.0 cm³/mol. The lowest BCUT2D eigenvalue weighted by molar-refractivity contribution is 0.498. The predicted octanol–water partition coefficient (Wildman–Crippen LogP) is 3.98. The fraction of sp³-hybridized carbons (Fsp3) is 0.0769. The zero-order valence-electron chi connectivity index (χ0n) is 10.6. The highest BCUT2D eigenvalue weighted by molar-refractivity contribution is 9.10. The minimum atomic E-state index is -4.50. The van der Waals surface area contributed by atoms with Gasteiger partial charge in [-0.15, -0.1) is 0 Å². The van der Waals surface area contributed by atoms with Gasteiger partial charge >= 0.3 is 0 Å². The van der Waals surface area contributed by atoms with E-state index in [4.69, 9.17) is 0 Å². The van der Waals surface area contributed by atoms with E-state index in [0.29, 0.717) is 12.1 Å². The van der Waals surface area contributed by atoms with E-state index < -0.39 is 32.4 Å². The van der Waals surface area contributed by atoms with Gasteiger partial charge in [-0.25, -0.2) is 21.6 Å². The van der Waals surface area contributed by atoms with Crippen molar-refractivity contribution in [2.24, 2.45) is 0 Å². The van der Waals surface area contributed by atoms with E-state index in [1.165, 1.54) is 12.1 Å². The summed E-state index contributed by atoms with van der Waals surface area (Å²) < 4.78 is 66.8. The van der Waals surface area contributed by atoms with Crippen LogP contribution >= 0.6 is 15.9 Å². The summed E-state index contributed by atoms with van der Waals surface area (Å²) in [4.78, 5) is -1.22. The van der Waals surface area contributed by atoms with Crippen LogP contribution in [0.25, 0.3) is 0 Å². The topological polar surface area (TPSA) is 46.2 Å². The smallest absolute Gasteiger partial charge is 0.267 e. The minimum Gasteiger partial charge on any atom is -0.279 e. The Balaban J connectivity index is 2.46. The second-order valence-corrected chi connectivity index (χ2v) is 6.74. The second-order valence-electron chi connectivity index (χ2n) is 4.27. The van der Waals surface area contributed by atoms with E-state index in [0.717, 1.165) is 10.0 Å². The van der Waals surface area contributed by atoms with Crippen molar-refractivity contribution in [3.8, 4) is 0 Å². The molecule has 3 nitrogen and oxygen atoms in total. The first-order valence-corrected chi connectivity index (χ1v) is 7.92. The summed E-state index contributed by atoms with van der Waals surface area (Å²) in [6.07, 6.45) is 0. The van der Waals surface area contributed by atoms with Crippen LogP contribution in [0.1, 0.15) is 5.56 Å². The summed E-state index contributed by atoms with van der Waals surface area (Å²) >= 11 is 3.25. The van der Waals surface area contributed by atoms with Gasteiger partial charge in [-0.3, -0.25) is 4.72 Å². The standard InChI is InChI=1S/C13H9BrF3NO2S/c1-7-4-9(2-3-10(7)14)18-21(19,20)13-11(16)5-8(15)6-12(13)17/h2-6,18H,1H3. The van der Waals surface area contributed by atoms with Crippen molar-refractivity contribution in [2.75, 3.05) is 4.72 Å². The number of aryl methyl sites for hydroxylation is 1. The fourth-order valence-corrected chi connectivity index (χ4v) is 3.12. The van der Waals surface area contributed by atoms with Gasteiger partial charge in [-0.1, -0.05) is 15.9 Å². The van der Waals surface area contributed by atoms with E-state index in [-0.39, 0.29) is 5.69 Å². The van der Waals surface area contributed by atoms with Crippen LogP contribution in [0.2, 0.25) is 0 Å². The third kappa shape index (κ3) is 3.38. The lowest BCUT2D eigenvalue weighted by Crippen LogP contribution is -2.16. The molecule has 2 aromatic carbocycles. The molecule has 0 aliphatic heterocycles. The molecule has 0 aliphatic carbocycles. The Morgan fingerprint density at radius 3 is 2.14 bits per heavy atom. The maximum Gasteiger partial charge on any atom is 0.267 e. The van der Waals surface area contributed by atoms with Crippen molar-refractivity contribution in [3.05, 3.63) is 57.8 Å².